The zero-order valence-electron chi connectivity index (χ0n) is 7.89. The summed E-state index contributed by atoms with van der Waals surface area (Å²) in [6, 6.07) is 0. The van der Waals surface area contributed by atoms with Gasteiger partial charge in [-0.05, 0) is 0 Å². The topological polar surface area (TPSA) is 59.4 Å². The van der Waals surface area contributed by atoms with Crippen LogP contribution in [0.25, 0.3) is 0 Å². The van der Waals surface area contributed by atoms with E-state index in [0.29, 0.717) is 0 Å². The molecule has 0 aliphatic carbocycles. The molecule has 9 heteroatoms. The lowest BCUT2D eigenvalue weighted by molar-refractivity contribution is -0.276. The fourth-order valence-electron chi connectivity index (χ4n) is 1.04. The fraction of sp³-hybridized carbons (Fsp3) is 0.250. The number of hydrogen-bond acceptors (Lipinski definition) is 3. The van der Waals surface area contributed by atoms with Crippen LogP contribution in [0.4, 0.5) is 22.0 Å². The largest absolute Gasteiger partial charge is 0.573 e. The van der Waals surface area contributed by atoms with Gasteiger partial charge < -0.3 is 9.84 Å². The minimum Gasteiger partial charge on any atom is -0.476 e. The Morgan fingerprint density at radius 2 is 2.06 bits per heavy atom. The second-order valence-corrected chi connectivity index (χ2v) is 2.75. The lowest BCUT2D eigenvalue weighted by atomic mass is 10.2. The average Bonchev–Trinajstić information content (AvgIpc) is 2.18. The minimum atomic E-state index is -5.26. The van der Waals surface area contributed by atoms with Gasteiger partial charge in [-0.1, -0.05) is 0 Å². The van der Waals surface area contributed by atoms with E-state index < -0.39 is 41.8 Å². The number of aromatic carboxylic acids is 1. The maximum atomic E-state index is 13.0. The molecule has 0 unspecified atom stereocenters. The predicted octanol–water partition coefficient (Wildman–Crippen LogP) is 2.29. The Morgan fingerprint density at radius 1 is 1.47 bits per heavy atom. The molecule has 0 aliphatic rings. The molecule has 0 fully saturated rings. The normalized spacial score (nSPS) is 11.4. The van der Waals surface area contributed by atoms with Crippen molar-refractivity contribution in [3.63, 3.8) is 0 Å². The average molecular weight is 257 g/mol. The highest BCUT2D eigenvalue weighted by molar-refractivity contribution is 5.87. The second kappa shape index (κ2) is 4.52. The lowest BCUT2D eigenvalue weighted by Crippen LogP contribution is -2.20. The summed E-state index contributed by atoms with van der Waals surface area (Å²) in [7, 11) is 0. The summed E-state index contributed by atoms with van der Waals surface area (Å²) in [5.74, 6) is -4.91. The number of carbonyl (C=O) groups is 1. The highest BCUT2D eigenvalue weighted by Crippen LogP contribution is 2.31. The fourth-order valence-corrected chi connectivity index (χ4v) is 1.04. The van der Waals surface area contributed by atoms with Crippen molar-refractivity contribution in [2.45, 2.75) is 13.0 Å². The monoisotopic (exact) mass is 257 g/mol. The van der Waals surface area contributed by atoms with E-state index in [1.807, 2.05) is 0 Å². The number of rotatable bonds is 3. The summed E-state index contributed by atoms with van der Waals surface area (Å²) >= 11 is 0. The number of ether oxygens (including phenoxy) is 1. The van der Waals surface area contributed by atoms with Gasteiger partial charge in [0.15, 0.2) is 17.3 Å². The van der Waals surface area contributed by atoms with Gasteiger partial charge in [0, 0.05) is 0 Å². The number of carboxylic acid groups (broad SMARTS) is 1. The van der Waals surface area contributed by atoms with Crippen LogP contribution < -0.4 is 4.74 Å². The summed E-state index contributed by atoms with van der Waals surface area (Å²) in [6.45, 7) is -1.65. The standard InChI is InChI=1S/C8H4F5NO3/c9-1-3-5(7(15)16)14-2-4(10)6(3)17-8(11,12)13/h2H,1H2,(H,15,16). The van der Waals surface area contributed by atoms with Crippen molar-refractivity contribution in [1.29, 1.82) is 0 Å². The molecule has 17 heavy (non-hydrogen) atoms. The van der Waals surface area contributed by atoms with E-state index in [0.717, 1.165) is 0 Å². The van der Waals surface area contributed by atoms with Gasteiger partial charge >= 0.3 is 12.3 Å². The Bertz CT molecular complexity index is 446. The molecule has 1 aromatic rings. The van der Waals surface area contributed by atoms with Crippen molar-refractivity contribution in [3.8, 4) is 5.75 Å². The molecule has 0 aromatic carbocycles. The molecule has 94 valence electrons. The van der Waals surface area contributed by atoms with Crippen molar-refractivity contribution in [1.82, 2.24) is 4.98 Å². The first-order valence-corrected chi connectivity index (χ1v) is 3.98. The molecule has 0 aliphatic heterocycles. The van der Waals surface area contributed by atoms with Crippen LogP contribution in [0.3, 0.4) is 0 Å². The van der Waals surface area contributed by atoms with Crippen LogP contribution in [0.2, 0.25) is 0 Å². The Kier molecular flexibility index (Phi) is 3.49. The quantitative estimate of drug-likeness (QED) is 0.844. The molecule has 1 aromatic heterocycles. The number of pyridine rings is 1. The Hall–Kier alpha value is -1.93. The van der Waals surface area contributed by atoms with Crippen molar-refractivity contribution in [2.24, 2.45) is 0 Å². The van der Waals surface area contributed by atoms with Gasteiger partial charge in [-0.3, -0.25) is 0 Å². The highest BCUT2D eigenvalue weighted by Gasteiger charge is 2.35. The molecule has 0 bridgehead atoms. The zero-order chi connectivity index (χ0) is 13.2. The van der Waals surface area contributed by atoms with Crippen molar-refractivity contribution in [2.75, 3.05) is 0 Å². The van der Waals surface area contributed by atoms with Crippen LogP contribution in [-0.4, -0.2) is 22.4 Å². The number of halogens is 5. The third kappa shape index (κ3) is 3.02. The molecular weight excluding hydrogens is 253 g/mol. The molecule has 1 heterocycles. The van der Waals surface area contributed by atoms with Gasteiger partial charge in [0.2, 0.25) is 0 Å². The number of hydrogen-bond donors (Lipinski definition) is 1. The van der Waals surface area contributed by atoms with E-state index in [1.165, 1.54) is 0 Å². The zero-order valence-corrected chi connectivity index (χ0v) is 7.89. The van der Waals surface area contributed by atoms with Gasteiger partial charge in [0.1, 0.15) is 6.67 Å². The maximum absolute atomic E-state index is 13.0. The molecule has 0 radical (unpaired) electrons. The molecule has 0 atom stereocenters. The molecular formula is C8H4F5NO3. The van der Waals surface area contributed by atoms with Crippen molar-refractivity contribution in [3.05, 3.63) is 23.3 Å². The van der Waals surface area contributed by atoms with Crippen LogP contribution in [0.15, 0.2) is 6.20 Å². The van der Waals surface area contributed by atoms with Gasteiger partial charge in [-0.15, -0.1) is 13.2 Å². The molecule has 0 spiro atoms. The summed E-state index contributed by atoms with van der Waals surface area (Å²) in [5.41, 5.74) is -2.14. The first-order valence-electron chi connectivity index (χ1n) is 3.98. The first-order chi connectivity index (χ1) is 7.76. The molecule has 0 amide bonds. The molecule has 1 N–H and O–H groups in total. The van der Waals surface area contributed by atoms with E-state index in [9.17, 15) is 26.7 Å². The molecule has 1 rings (SSSR count). The van der Waals surface area contributed by atoms with Gasteiger partial charge in [0.25, 0.3) is 0 Å². The minimum absolute atomic E-state index is 0.212. The van der Waals surface area contributed by atoms with Crippen LogP contribution in [-0.2, 0) is 6.67 Å². The summed E-state index contributed by atoms with van der Waals surface area (Å²) in [5, 5.41) is 8.52. The number of nitrogens with zero attached hydrogens (tertiary/aromatic N) is 1. The van der Waals surface area contributed by atoms with Gasteiger partial charge in [0.05, 0.1) is 11.8 Å². The molecule has 4 nitrogen and oxygen atoms in total. The Morgan fingerprint density at radius 3 is 2.47 bits per heavy atom. The van der Waals surface area contributed by atoms with Gasteiger partial charge in [-0.2, -0.15) is 0 Å². The van der Waals surface area contributed by atoms with E-state index in [2.05, 4.69) is 9.72 Å². The SMILES string of the molecule is O=C(O)c1ncc(F)c(OC(F)(F)F)c1CF. The van der Waals surface area contributed by atoms with E-state index in [-0.39, 0.29) is 6.20 Å². The molecule has 0 saturated heterocycles. The van der Waals surface area contributed by atoms with E-state index in [1.54, 1.807) is 0 Å². The Balaban J connectivity index is 3.35. The van der Waals surface area contributed by atoms with E-state index in [4.69, 9.17) is 5.11 Å². The smallest absolute Gasteiger partial charge is 0.476 e. The first kappa shape index (κ1) is 13.1. The molecule has 0 saturated carbocycles. The van der Waals surface area contributed by atoms with Crippen LogP contribution in [0.1, 0.15) is 16.1 Å². The summed E-state index contributed by atoms with van der Waals surface area (Å²) < 4.78 is 64.3. The second-order valence-electron chi connectivity index (χ2n) is 2.75. The lowest BCUT2D eigenvalue weighted by Gasteiger charge is -2.13. The van der Waals surface area contributed by atoms with Crippen LogP contribution in [0, 0.1) is 5.82 Å². The Labute approximate surface area is 90.6 Å². The van der Waals surface area contributed by atoms with Gasteiger partial charge in [-0.25, -0.2) is 18.6 Å². The van der Waals surface area contributed by atoms with Crippen LogP contribution >= 0.6 is 0 Å². The summed E-state index contributed by atoms with van der Waals surface area (Å²) in [4.78, 5) is 13.5. The third-order valence-electron chi connectivity index (χ3n) is 1.64. The maximum Gasteiger partial charge on any atom is 0.573 e. The van der Waals surface area contributed by atoms with Crippen molar-refractivity contribution < 1.29 is 36.6 Å². The summed E-state index contributed by atoms with van der Waals surface area (Å²) in [6.07, 6.45) is -5.05. The highest BCUT2D eigenvalue weighted by atomic mass is 19.4. The predicted molar refractivity (Wildman–Crippen MR) is 42.6 cm³/mol. The number of aromatic nitrogens is 1. The number of alkyl halides is 4. The van der Waals surface area contributed by atoms with Crippen LogP contribution in [0.5, 0.6) is 5.75 Å². The van der Waals surface area contributed by atoms with Crippen molar-refractivity contribution >= 4 is 5.97 Å². The van der Waals surface area contributed by atoms with E-state index >= 15 is 0 Å². The third-order valence-corrected chi connectivity index (χ3v) is 1.64. The number of carboxylic acids is 1.